The van der Waals surface area contributed by atoms with E-state index in [-0.39, 0.29) is 17.3 Å². The van der Waals surface area contributed by atoms with Crippen LogP contribution in [0.1, 0.15) is 41.5 Å². The topological polar surface area (TPSA) is 94.6 Å². The molecule has 0 atom stereocenters. The summed E-state index contributed by atoms with van der Waals surface area (Å²) in [6, 6.07) is 16.5. The monoisotopic (exact) mass is 432 g/mol. The van der Waals surface area contributed by atoms with Gasteiger partial charge in [-0.25, -0.2) is 4.79 Å². The summed E-state index contributed by atoms with van der Waals surface area (Å²) in [6.45, 7) is 5.02. The molecular formula is C25H24N2O5. The van der Waals surface area contributed by atoms with Crippen LogP contribution in [0.2, 0.25) is 0 Å². The van der Waals surface area contributed by atoms with Gasteiger partial charge in [-0.05, 0) is 48.5 Å². The van der Waals surface area contributed by atoms with Crippen molar-refractivity contribution < 1.29 is 23.9 Å². The molecule has 1 N–H and O–H groups in total. The van der Waals surface area contributed by atoms with E-state index in [1.54, 1.807) is 66.9 Å². The molecule has 0 aliphatic rings. The smallest absolute Gasteiger partial charge is 0.342 e. The Labute approximate surface area is 186 Å². The average molecular weight is 432 g/mol. The van der Waals surface area contributed by atoms with Crippen molar-refractivity contribution in [2.24, 2.45) is 5.41 Å². The Hall–Kier alpha value is -4.00. The van der Waals surface area contributed by atoms with Gasteiger partial charge in [-0.15, -0.1) is 0 Å². The van der Waals surface area contributed by atoms with E-state index >= 15 is 0 Å². The number of anilines is 1. The summed E-state index contributed by atoms with van der Waals surface area (Å²) in [5.74, 6) is -0.387. The van der Waals surface area contributed by atoms with Gasteiger partial charge in [0.1, 0.15) is 17.1 Å². The third-order valence-electron chi connectivity index (χ3n) is 4.45. The molecule has 32 heavy (non-hydrogen) atoms. The molecule has 1 heterocycles. The molecular weight excluding hydrogens is 408 g/mol. The lowest BCUT2D eigenvalue weighted by atomic mass is 9.95. The third-order valence-corrected chi connectivity index (χ3v) is 4.45. The number of aromatic nitrogens is 1. The van der Waals surface area contributed by atoms with Gasteiger partial charge < -0.3 is 14.8 Å². The minimum absolute atomic E-state index is 0.127. The van der Waals surface area contributed by atoms with Gasteiger partial charge in [0.2, 0.25) is 5.91 Å². The zero-order chi connectivity index (χ0) is 23.1. The maximum Gasteiger partial charge on any atom is 0.342 e. The zero-order valence-corrected chi connectivity index (χ0v) is 18.1. The first kappa shape index (κ1) is 22.7. The molecule has 0 aliphatic heterocycles. The summed E-state index contributed by atoms with van der Waals surface area (Å²) in [5, 5.41) is 2.79. The maximum atomic E-state index is 12.5. The molecule has 1 amide bonds. The molecule has 0 radical (unpaired) electrons. The number of pyridine rings is 1. The summed E-state index contributed by atoms with van der Waals surface area (Å²) in [5.41, 5.74) is 0.621. The van der Waals surface area contributed by atoms with Crippen molar-refractivity contribution in [3.8, 4) is 11.5 Å². The molecule has 3 rings (SSSR count). The SMILES string of the molecule is CC(C)(C)C(=O)Nc1ccc(C(=O)COC(=O)c2ccccc2Oc2cccnc2)cc1. The van der Waals surface area contributed by atoms with Crippen LogP contribution < -0.4 is 10.1 Å². The molecule has 3 aromatic rings. The van der Waals surface area contributed by atoms with E-state index < -0.39 is 18.0 Å². The van der Waals surface area contributed by atoms with Crippen LogP contribution in [0.3, 0.4) is 0 Å². The van der Waals surface area contributed by atoms with Gasteiger partial charge >= 0.3 is 5.97 Å². The number of rotatable bonds is 7. The molecule has 0 spiro atoms. The summed E-state index contributed by atoms with van der Waals surface area (Å²) in [7, 11) is 0. The summed E-state index contributed by atoms with van der Waals surface area (Å²) in [4.78, 5) is 41.0. The second kappa shape index (κ2) is 9.87. The third kappa shape index (κ3) is 6.01. The van der Waals surface area contributed by atoms with Gasteiger partial charge in [0.25, 0.3) is 0 Å². The van der Waals surface area contributed by atoms with Gasteiger partial charge in [0.15, 0.2) is 12.4 Å². The van der Waals surface area contributed by atoms with Crippen LogP contribution in [-0.2, 0) is 9.53 Å². The molecule has 0 fully saturated rings. The highest BCUT2D eigenvalue weighted by Gasteiger charge is 2.21. The lowest BCUT2D eigenvalue weighted by molar-refractivity contribution is -0.123. The van der Waals surface area contributed by atoms with Gasteiger partial charge in [0, 0.05) is 22.9 Å². The molecule has 7 heteroatoms. The number of ether oxygens (including phenoxy) is 2. The van der Waals surface area contributed by atoms with Crippen molar-refractivity contribution in [2.75, 3.05) is 11.9 Å². The molecule has 7 nitrogen and oxygen atoms in total. The first-order chi connectivity index (χ1) is 15.2. The predicted molar refractivity (Wildman–Crippen MR) is 120 cm³/mol. The molecule has 1 aromatic heterocycles. The number of carbonyl (C=O) groups excluding carboxylic acids is 3. The Morgan fingerprint density at radius 1 is 0.938 bits per heavy atom. The van der Waals surface area contributed by atoms with E-state index in [9.17, 15) is 14.4 Å². The fraction of sp³-hybridized carbons (Fsp3) is 0.200. The number of esters is 1. The zero-order valence-electron chi connectivity index (χ0n) is 18.1. The van der Waals surface area contributed by atoms with Crippen molar-refractivity contribution in [1.82, 2.24) is 4.98 Å². The molecule has 0 bridgehead atoms. The minimum atomic E-state index is -0.674. The number of para-hydroxylation sites is 1. The first-order valence-corrected chi connectivity index (χ1v) is 10.0. The Balaban J connectivity index is 1.61. The highest BCUT2D eigenvalue weighted by molar-refractivity contribution is 6.00. The van der Waals surface area contributed by atoms with Crippen molar-refractivity contribution in [1.29, 1.82) is 0 Å². The Bertz CT molecular complexity index is 1100. The largest absolute Gasteiger partial charge is 0.455 e. The quantitative estimate of drug-likeness (QED) is 0.422. The Kier molecular flexibility index (Phi) is 7.00. The molecule has 0 unspecified atom stereocenters. The van der Waals surface area contributed by atoms with E-state index in [1.807, 2.05) is 20.8 Å². The van der Waals surface area contributed by atoms with Crippen molar-refractivity contribution >= 4 is 23.3 Å². The fourth-order valence-electron chi connectivity index (χ4n) is 2.61. The van der Waals surface area contributed by atoms with Gasteiger partial charge in [0.05, 0.1) is 6.20 Å². The van der Waals surface area contributed by atoms with Crippen LogP contribution >= 0.6 is 0 Å². The lowest BCUT2D eigenvalue weighted by Gasteiger charge is -2.17. The van der Waals surface area contributed by atoms with Crippen LogP contribution in [0.4, 0.5) is 5.69 Å². The Morgan fingerprint density at radius 2 is 1.66 bits per heavy atom. The number of hydrogen-bond acceptors (Lipinski definition) is 6. The lowest BCUT2D eigenvalue weighted by Crippen LogP contribution is -2.27. The van der Waals surface area contributed by atoms with E-state index in [1.165, 1.54) is 6.20 Å². The number of amides is 1. The fourth-order valence-corrected chi connectivity index (χ4v) is 2.61. The normalized spacial score (nSPS) is 10.8. The van der Waals surface area contributed by atoms with E-state index in [2.05, 4.69) is 10.3 Å². The van der Waals surface area contributed by atoms with Crippen LogP contribution in [0.25, 0.3) is 0 Å². The molecule has 0 aliphatic carbocycles. The molecule has 164 valence electrons. The number of Topliss-reactive ketones (excluding diaryl/α,β-unsaturated/α-hetero) is 1. The van der Waals surface area contributed by atoms with Crippen molar-refractivity contribution in [3.63, 3.8) is 0 Å². The number of ketones is 1. The number of hydrogen-bond donors (Lipinski definition) is 1. The number of benzene rings is 2. The molecule has 0 saturated carbocycles. The van der Waals surface area contributed by atoms with Gasteiger partial charge in [-0.3, -0.25) is 14.6 Å². The number of nitrogens with zero attached hydrogens (tertiary/aromatic N) is 1. The second-order valence-electron chi connectivity index (χ2n) is 8.07. The van der Waals surface area contributed by atoms with Crippen molar-refractivity contribution in [3.05, 3.63) is 84.2 Å². The van der Waals surface area contributed by atoms with Crippen LogP contribution in [0.15, 0.2) is 73.1 Å². The minimum Gasteiger partial charge on any atom is -0.455 e. The summed E-state index contributed by atoms with van der Waals surface area (Å²) >= 11 is 0. The predicted octanol–water partition coefficient (Wildman–Crippen LogP) is 4.90. The number of carbonyl (C=O) groups is 3. The highest BCUT2D eigenvalue weighted by Crippen LogP contribution is 2.25. The van der Waals surface area contributed by atoms with Crippen LogP contribution in [-0.4, -0.2) is 29.3 Å². The van der Waals surface area contributed by atoms with E-state index in [0.29, 0.717) is 22.7 Å². The van der Waals surface area contributed by atoms with Crippen LogP contribution in [0.5, 0.6) is 11.5 Å². The van der Waals surface area contributed by atoms with Gasteiger partial charge in [-0.1, -0.05) is 32.9 Å². The van der Waals surface area contributed by atoms with Gasteiger partial charge in [-0.2, -0.15) is 0 Å². The van der Waals surface area contributed by atoms with E-state index in [4.69, 9.17) is 9.47 Å². The summed E-state index contributed by atoms with van der Waals surface area (Å²) < 4.78 is 10.9. The van der Waals surface area contributed by atoms with E-state index in [0.717, 1.165) is 0 Å². The highest BCUT2D eigenvalue weighted by atomic mass is 16.5. The number of nitrogens with one attached hydrogen (secondary N) is 1. The van der Waals surface area contributed by atoms with Crippen LogP contribution in [0, 0.1) is 5.41 Å². The second-order valence-corrected chi connectivity index (χ2v) is 8.07. The summed E-state index contributed by atoms with van der Waals surface area (Å²) in [6.07, 6.45) is 3.14. The average Bonchev–Trinajstić information content (AvgIpc) is 2.78. The Morgan fingerprint density at radius 3 is 2.31 bits per heavy atom. The maximum absolute atomic E-state index is 12.5. The standard InChI is InChI=1S/C25H24N2O5/c1-25(2,3)24(30)27-18-12-10-17(11-13-18)21(28)16-31-23(29)20-8-4-5-9-22(20)32-19-7-6-14-26-15-19/h4-15H,16H2,1-3H3,(H,27,30). The molecule has 2 aromatic carbocycles. The molecule has 0 saturated heterocycles. The van der Waals surface area contributed by atoms with Crippen molar-refractivity contribution in [2.45, 2.75) is 20.8 Å². The first-order valence-electron chi connectivity index (χ1n) is 10.0.